The molecule has 0 aromatic carbocycles. The van der Waals surface area contributed by atoms with Crippen LogP contribution >= 0.6 is 0 Å². The third kappa shape index (κ3) is 22.9. The Balaban J connectivity index is 0. The Morgan fingerprint density at radius 1 is 1.25 bits per heavy atom. The van der Waals surface area contributed by atoms with Crippen LogP contribution in [-0.2, 0) is 4.74 Å². The number of halogens is 4. The van der Waals surface area contributed by atoms with Crippen molar-refractivity contribution in [3.05, 3.63) is 29.8 Å². The first-order valence-corrected chi connectivity index (χ1v) is 4.16. The SMILES string of the molecule is COC.F[B-](F)(F)F.[N-]=[N+]=C1C=CC=CC1. The van der Waals surface area contributed by atoms with Crippen molar-refractivity contribution in [3.8, 4) is 0 Å². The number of hydrogen-bond acceptors (Lipinski definition) is 1. The predicted octanol–water partition coefficient (Wildman–Crippen LogP) is 2.74. The molecule has 8 heteroatoms. The van der Waals surface area contributed by atoms with E-state index in [1.165, 1.54) is 0 Å². The van der Waals surface area contributed by atoms with Crippen molar-refractivity contribution >= 4 is 13.0 Å². The summed E-state index contributed by atoms with van der Waals surface area (Å²) in [4.78, 5) is 3.03. The summed E-state index contributed by atoms with van der Waals surface area (Å²) in [6.07, 6.45) is 8.23. The average Bonchev–Trinajstić information content (AvgIpc) is 2.18. The van der Waals surface area contributed by atoms with Gasteiger partial charge in [0, 0.05) is 20.3 Å². The van der Waals surface area contributed by atoms with Crippen molar-refractivity contribution in [1.29, 1.82) is 0 Å². The fourth-order valence-electron chi connectivity index (χ4n) is 0.576. The number of methoxy groups -OCH3 is 1. The molecule has 0 aromatic heterocycles. The van der Waals surface area contributed by atoms with Crippen LogP contribution < -0.4 is 0 Å². The number of allylic oxidation sites excluding steroid dienone is 4. The lowest BCUT2D eigenvalue weighted by Crippen LogP contribution is -2.02. The normalized spacial score (nSPS) is 13.0. The van der Waals surface area contributed by atoms with Crippen molar-refractivity contribution in [2.75, 3.05) is 14.2 Å². The highest BCUT2D eigenvalue weighted by Gasteiger charge is 2.20. The molecule has 3 nitrogen and oxygen atoms in total. The van der Waals surface area contributed by atoms with Crippen LogP contribution in [0.3, 0.4) is 0 Å². The van der Waals surface area contributed by atoms with Gasteiger partial charge in [0.2, 0.25) is 0 Å². The van der Waals surface area contributed by atoms with Gasteiger partial charge in [-0.2, -0.15) is 4.79 Å². The van der Waals surface area contributed by atoms with E-state index in [0.717, 1.165) is 6.42 Å². The van der Waals surface area contributed by atoms with Gasteiger partial charge >= 0.3 is 7.25 Å². The summed E-state index contributed by atoms with van der Waals surface area (Å²) in [7, 11) is -2.75. The zero-order valence-electron chi connectivity index (χ0n) is 8.91. The van der Waals surface area contributed by atoms with E-state index >= 15 is 0 Å². The molecule has 0 unspecified atom stereocenters. The maximum absolute atomic E-state index is 9.75. The molecule has 92 valence electrons. The summed E-state index contributed by atoms with van der Waals surface area (Å²) in [5.74, 6) is 0. The quantitative estimate of drug-likeness (QED) is 0.277. The molecule has 0 saturated carbocycles. The fraction of sp³-hybridized carbons (Fsp3) is 0.375. The lowest BCUT2D eigenvalue weighted by Gasteiger charge is -1.94. The van der Waals surface area contributed by atoms with Crippen molar-refractivity contribution < 1.29 is 26.8 Å². The van der Waals surface area contributed by atoms with Gasteiger partial charge in [-0.3, -0.25) is 0 Å². The van der Waals surface area contributed by atoms with E-state index in [0.29, 0.717) is 5.71 Å². The van der Waals surface area contributed by atoms with E-state index in [-0.39, 0.29) is 0 Å². The van der Waals surface area contributed by atoms with Gasteiger partial charge in [0.05, 0.1) is 6.42 Å². The molecular formula is C8H12BF4N2O-. The lowest BCUT2D eigenvalue weighted by atomic mass is 10.2. The van der Waals surface area contributed by atoms with Gasteiger partial charge in [0.15, 0.2) is 0 Å². The van der Waals surface area contributed by atoms with Crippen LogP contribution in [-0.4, -0.2) is 32.0 Å². The summed E-state index contributed by atoms with van der Waals surface area (Å²) in [6.45, 7) is 0. The van der Waals surface area contributed by atoms with Gasteiger partial charge in [-0.25, -0.2) is 0 Å². The first kappa shape index (κ1) is 17.0. The number of ether oxygens (including phenoxy) is 1. The van der Waals surface area contributed by atoms with E-state index < -0.39 is 7.25 Å². The summed E-state index contributed by atoms with van der Waals surface area (Å²) in [6, 6.07) is 0. The Hall–Kier alpha value is -1.40. The molecule has 0 heterocycles. The molecule has 0 fully saturated rings. The van der Waals surface area contributed by atoms with Crippen molar-refractivity contribution in [3.63, 3.8) is 0 Å². The molecule has 0 aliphatic heterocycles. The first-order valence-electron chi connectivity index (χ1n) is 4.16. The third-order valence-corrected chi connectivity index (χ3v) is 0.991. The van der Waals surface area contributed by atoms with E-state index in [1.807, 2.05) is 18.2 Å². The summed E-state index contributed by atoms with van der Waals surface area (Å²) >= 11 is 0. The number of hydrogen-bond donors (Lipinski definition) is 0. The van der Waals surface area contributed by atoms with E-state index in [1.54, 1.807) is 20.3 Å². The van der Waals surface area contributed by atoms with E-state index in [2.05, 4.69) is 9.53 Å². The molecule has 1 aliphatic carbocycles. The van der Waals surface area contributed by atoms with Gasteiger partial charge < -0.3 is 27.5 Å². The van der Waals surface area contributed by atoms with Gasteiger partial charge in [-0.1, -0.05) is 18.2 Å². The molecule has 1 aliphatic rings. The van der Waals surface area contributed by atoms with Crippen molar-refractivity contribution in [2.24, 2.45) is 0 Å². The van der Waals surface area contributed by atoms with Gasteiger partial charge in [-0.05, 0) is 0 Å². The second-order valence-corrected chi connectivity index (χ2v) is 2.49. The highest BCUT2D eigenvalue weighted by atomic mass is 19.5. The molecular weight excluding hydrogens is 227 g/mol. The Morgan fingerprint density at radius 3 is 1.88 bits per heavy atom. The van der Waals surface area contributed by atoms with E-state index in [4.69, 9.17) is 5.53 Å². The highest BCUT2D eigenvalue weighted by Crippen LogP contribution is 2.06. The smallest absolute Gasteiger partial charge is 0.418 e. The minimum Gasteiger partial charge on any atom is -0.418 e. The number of nitrogens with zero attached hydrogens (tertiary/aromatic N) is 2. The second kappa shape index (κ2) is 10.1. The summed E-state index contributed by atoms with van der Waals surface area (Å²) in [5.41, 5.74) is 8.91. The molecule has 0 bridgehead atoms. The molecule has 0 saturated heterocycles. The average molecular weight is 239 g/mol. The lowest BCUT2D eigenvalue weighted by molar-refractivity contribution is -0.00537. The van der Waals surface area contributed by atoms with E-state index in [9.17, 15) is 17.3 Å². The molecule has 1 rings (SSSR count). The first-order chi connectivity index (χ1) is 7.35. The Morgan fingerprint density at radius 2 is 1.69 bits per heavy atom. The molecule has 0 N–H and O–H groups in total. The standard InChI is InChI=1S/C6H6N2.C2H6O.BF4/c7-8-6-4-2-1-3-5-6;1-3-2;2-1(3,4)5/h1-4H,5H2;1-2H3;/q;;-1. The fourth-order valence-corrected chi connectivity index (χ4v) is 0.576. The topological polar surface area (TPSA) is 45.6 Å². The summed E-state index contributed by atoms with van der Waals surface area (Å²) in [5, 5.41) is 0. The maximum atomic E-state index is 9.75. The Labute approximate surface area is 91.1 Å². The predicted molar refractivity (Wildman–Crippen MR) is 54.6 cm³/mol. The minimum absolute atomic E-state index is 0.715. The second-order valence-electron chi connectivity index (χ2n) is 2.49. The molecule has 0 aromatic rings. The van der Waals surface area contributed by atoms with Gasteiger partial charge in [0.1, 0.15) is 0 Å². The van der Waals surface area contributed by atoms with Gasteiger partial charge in [0.25, 0.3) is 5.71 Å². The Bertz CT molecular complexity index is 276. The summed E-state index contributed by atoms with van der Waals surface area (Å²) < 4.78 is 43.2. The molecule has 0 amide bonds. The van der Waals surface area contributed by atoms with Crippen LogP contribution in [0.1, 0.15) is 6.42 Å². The zero-order valence-corrected chi connectivity index (χ0v) is 8.91. The number of rotatable bonds is 0. The van der Waals surface area contributed by atoms with Crippen LogP contribution in [0, 0.1) is 0 Å². The largest absolute Gasteiger partial charge is 0.673 e. The van der Waals surface area contributed by atoms with Crippen LogP contribution in [0.5, 0.6) is 0 Å². The zero-order chi connectivity index (χ0) is 13.0. The van der Waals surface area contributed by atoms with Gasteiger partial charge in [-0.15, -0.1) is 0 Å². The Kier molecular flexibility index (Phi) is 10.8. The molecule has 0 atom stereocenters. The maximum Gasteiger partial charge on any atom is 0.673 e. The van der Waals surface area contributed by atoms with Crippen LogP contribution in [0.25, 0.3) is 5.53 Å². The minimum atomic E-state index is -6.00. The monoisotopic (exact) mass is 239 g/mol. The molecule has 0 spiro atoms. The highest BCUT2D eigenvalue weighted by molar-refractivity contribution is 6.50. The molecule has 0 radical (unpaired) electrons. The van der Waals surface area contributed by atoms with Crippen molar-refractivity contribution in [2.45, 2.75) is 6.42 Å². The third-order valence-electron chi connectivity index (χ3n) is 0.991. The van der Waals surface area contributed by atoms with Crippen LogP contribution in [0.4, 0.5) is 17.3 Å². The van der Waals surface area contributed by atoms with Crippen LogP contribution in [0.2, 0.25) is 0 Å². The molecule has 16 heavy (non-hydrogen) atoms. The van der Waals surface area contributed by atoms with Crippen LogP contribution in [0.15, 0.2) is 24.3 Å². The van der Waals surface area contributed by atoms with Crippen molar-refractivity contribution in [1.82, 2.24) is 0 Å².